The van der Waals surface area contributed by atoms with Crippen LogP contribution in [0, 0.1) is 5.92 Å². The van der Waals surface area contributed by atoms with Gasteiger partial charge in [-0.2, -0.15) is 0 Å². The summed E-state index contributed by atoms with van der Waals surface area (Å²) in [6.07, 6.45) is 11.0. The van der Waals surface area contributed by atoms with Gasteiger partial charge in [-0.05, 0) is 56.4 Å². The molecule has 1 amide bonds. The highest BCUT2D eigenvalue weighted by Gasteiger charge is 2.30. The number of amides is 1. The van der Waals surface area contributed by atoms with E-state index in [-0.39, 0.29) is 11.8 Å². The molecule has 174 valence electrons. The van der Waals surface area contributed by atoms with Crippen molar-refractivity contribution in [1.82, 2.24) is 14.1 Å². The number of anilines is 2. The predicted octanol–water partition coefficient (Wildman–Crippen LogP) is 5.24. The minimum absolute atomic E-state index is 0.122. The van der Waals surface area contributed by atoms with Crippen LogP contribution in [0.2, 0.25) is 0 Å². The molecule has 2 aromatic carbocycles. The summed E-state index contributed by atoms with van der Waals surface area (Å²) < 4.78 is 10.5. The maximum atomic E-state index is 12.1. The van der Waals surface area contributed by atoms with E-state index in [1.54, 1.807) is 12.5 Å². The minimum Gasteiger partial charge on any atom is -0.492 e. The first-order valence-electron chi connectivity index (χ1n) is 12.1. The highest BCUT2D eigenvalue weighted by Crippen LogP contribution is 2.45. The van der Waals surface area contributed by atoms with Crippen LogP contribution in [0.4, 0.5) is 11.4 Å². The van der Waals surface area contributed by atoms with Crippen molar-refractivity contribution in [3.05, 3.63) is 61.2 Å². The van der Waals surface area contributed by atoms with E-state index in [1.165, 1.54) is 6.42 Å². The molecule has 0 radical (unpaired) electrons. The second kappa shape index (κ2) is 8.56. The largest absolute Gasteiger partial charge is 0.492 e. The van der Waals surface area contributed by atoms with Crippen molar-refractivity contribution < 1.29 is 9.53 Å². The van der Waals surface area contributed by atoms with E-state index in [2.05, 4.69) is 39.1 Å². The van der Waals surface area contributed by atoms with Crippen LogP contribution in [0.5, 0.6) is 5.75 Å². The molecule has 7 nitrogen and oxygen atoms in total. The quantitative estimate of drug-likeness (QED) is 0.380. The zero-order chi connectivity index (χ0) is 23.1. The molecule has 34 heavy (non-hydrogen) atoms. The van der Waals surface area contributed by atoms with Gasteiger partial charge in [-0.15, -0.1) is 0 Å². The number of carbonyl (C=O) groups is 1. The maximum Gasteiger partial charge on any atom is 0.227 e. The smallest absolute Gasteiger partial charge is 0.227 e. The van der Waals surface area contributed by atoms with Crippen molar-refractivity contribution in [2.75, 3.05) is 17.7 Å². The fourth-order valence-electron chi connectivity index (χ4n) is 4.71. The Morgan fingerprint density at radius 3 is 2.62 bits per heavy atom. The SMILES string of the molecule is Nc1c(-c2ccc(NC(=O)C3CC3)cc2)n(C2CCC2)c2cc(OCCn3ccnc3)ccc12. The van der Waals surface area contributed by atoms with Crippen LogP contribution in [-0.4, -0.2) is 26.6 Å². The molecule has 2 heterocycles. The number of nitrogens with one attached hydrogen (secondary N) is 1. The molecule has 0 bridgehead atoms. The Bertz CT molecular complexity index is 1320. The Hall–Kier alpha value is -3.74. The molecule has 4 aromatic rings. The summed E-state index contributed by atoms with van der Waals surface area (Å²) in [5, 5.41) is 4.07. The third kappa shape index (κ3) is 3.91. The molecule has 2 aliphatic rings. The summed E-state index contributed by atoms with van der Waals surface area (Å²) in [7, 11) is 0. The van der Waals surface area contributed by atoms with E-state index in [9.17, 15) is 4.79 Å². The number of nitrogens with zero attached hydrogens (tertiary/aromatic N) is 3. The van der Waals surface area contributed by atoms with Gasteiger partial charge >= 0.3 is 0 Å². The highest BCUT2D eigenvalue weighted by atomic mass is 16.5. The maximum absolute atomic E-state index is 12.1. The monoisotopic (exact) mass is 455 g/mol. The number of ether oxygens (including phenoxy) is 1. The molecule has 6 rings (SSSR count). The van der Waals surface area contributed by atoms with Crippen LogP contribution in [0.25, 0.3) is 22.2 Å². The van der Waals surface area contributed by atoms with Crippen molar-refractivity contribution in [2.45, 2.75) is 44.7 Å². The summed E-state index contributed by atoms with van der Waals surface area (Å²) in [5.74, 6) is 1.15. The van der Waals surface area contributed by atoms with Crippen molar-refractivity contribution in [3.63, 3.8) is 0 Å². The Kier molecular flexibility index (Phi) is 5.24. The number of hydrogen-bond acceptors (Lipinski definition) is 4. The Labute approximate surface area is 198 Å². The molecule has 0 unspecified atom stereocenters. The Morgan fingerprint density at radius 1 is 1.12 bits per heavy atom. The molecule has 0 saturated heterocycles. The third-order valence-corrected chi connectivity index (χ3v) is 7.01. The third-order valence-electron chi connectivity index (χ3n) is 7.01. The van der Waals surface area contributed by atoms with Gasteiger partial charge in [0.15, 0.2) is 0 Å². The van der Waals surface area contributed by atoms with Gasteiger partial charge < -0.3 is 24.9 Å². The Morgan fingerprint density at radius 2 is 1.94 bits per heavy atom. The topological polar surface area (TPSA) is 87.1 Å². The van der Waals surface area contributed by atoms with Crippen LogP contribution in [0.15, 0.2) is 61.2 Å². The van der Waals surface area contributed by atoms with Crippen LogP contribution in [0.3, 0.4) is 0 Å². The molecule has 0 aliphatic heterocycles. The van der Waals surface area contributed by atoms with E-state index in [1.807, 2.05) is 29.0 Å². The molecule has 7 heteroatoms. The Balaban J connectivity index is 1.30. The van der Waals surface area contributed by atoms with Crippen LogP contribution < -0.4 is 15.8 Å². The van der Waals surface area contributed by atoms with Crippen LogP contribution in [0.1, 0.15) is 38.1 Å². The van der Waals surface area contributed by atoms with E-state index < -0.39 is 0 Å². The fraction of sp³-hybridized carbons (Fsp3) is 0.333. The number of hydrogen-bond donors (Lipinski definition) is 2. The van der Waals surface area contributed by atoms with Crippen LogP contribution in [-0.2, 0) is 11.3 Å². The number of imidazole rings is 1. The van der Waals surface area contributed by atoms with Gasteiger partial charge in [0.05, 0.1) is 29.8 Å². The average Bonchev–Trinajstić information content (AvgIpc) is 3.48. The highest BCUT2D eigenvalue weighted by molar-refractivity contribution is 6.02. The molecule has 2 aromatic heterocycles. The van der Waals surface area contributed by atoms with Gasteiger partial charge in [0.2, 0.25) is 5.91 Å². The summed E-state index contributed by atoms with van der Waals surface area (Å²) in [5.41, 5.74) is 11.6. The van der Waals surface area contributed by atoms with Crippen molar-refractivity contribution in [1.29, 1.82) is 0 Å². The first kappa shape index (κ1) is 20.8. The van der Waals surface area contributed by atoms with Gasteiger partial charge in [0.25, 0.3) is 0 Å². The summed E-state index contributed by atoms with van der Waals surface area (Å²) >= 11 is 0. The average molecular weight is 456 g/mol. The molecule has 2 fully saturated rings. The van der Waals surface area contributed by atoms with Crippen molar-refractivity contribution in [2.24, 2.45) is 5.92 Å². The summed E-state index contributed by atoms with van der Waals surface area (Å²) in [6, 6.07) is 14.7. The molecule has 2 saturated carbocycles. The number of aromatic nitrogens is 3. The zero-order valence-corrected chi connectivity index (χ0v) is 19.1. The van der Waals surface area contributed by atoms with E-state index in [0.29, 0.717) is 12.6 Å². The predicted molar refractivity (Wildman–Crippen MR) is 134 cm³/mol. The first-order chi connectivity index (χ1) is 16.7. The normalized spacial score (nSPS) is 15.9. The van der Waals surface area contributed by atoms with Gasteiger partial charge in [0.1, 0.15) is 12.4 Å². The van der Waals surface area contributed by atoms with Crippen molar-refractivity contribution >= 4 is 28.2 Å². The lowest BCUT2D eigenvalue weighted by Gasteiger charge is -2.30. The van der Waals surface area contributed by atoms with E-state index >= 15 is 0 Å². The molecule has 3 N–H and O–H groups in total. The minimum atomic E-state index is 0.122. The van der Waals surface area contributed by atoms with E-state index in [0.717, 1.165) is 71.5 Å². The van der Waals surface area contributed by atoms with Gasteiger partial charge in [-0.1, -0.05) is 12.1 Å². The molecular weight excluding hydrogens is 426 g/mol. The number of rotatable bonds is 8. The number of fused-ring (bicyclic) bond motifs is 1. The molecule has 0 spiro atoms. The lowest BCUT2D eigenvalue weighted by atomic mass is 9.92. The van der Waals surface area contributed by atoms with Gasteiger partial charge in [0, 0.05) is 47.1 Å². The van der Waals surface area contributed by atoms with Gasteiger partial charge in [-0.25, -0.2) is 4.98 Å². The molecule has 2 aliphatic carbocycles. The summed E-state index contributed by atoms with van der Waals surface area (Å²) in [6.45, 7) is 1.32. The lowest BCUT2D eigenvalue weighted by molar-refractivity contribution is -0.117. The number of carbonyl (C=O) groups excluding carboxylic acids is 1. The molecule has 0 atom stereocenters. The zero-order valence-electron chi connectivity index (χ0n) is 19.1. The van der Waals surface area contributed by atoms with Crippen molar-refractivity contribution in [3.8, 4) is 17.0 Å². The second-order valence-electron chi connectivity index (χ2n) is 9.39. The van der Waals surface area contributed by atoms with Gasteiger partial charge in [-0.3, -0.25) is 4.79 Å². The summed E-state index contributed by atoms with van der Waals surface area (Å²) in [4.78, 5) is 16.2. The standard InChI is InChI=1S/C27H29N5O2/c28-25-23-11-10-22(34-15-14-31-13-12-29-17-31)16-24(23)32(21-2-1-3-21)26(25)18-6-8-20(9-7-18)30-27(33)19-4-5-19/h6-13,16-17,19,21H,1-5,14-15,28H2,(H,30,33). The molecular formula is C27H29N5O2. The fourth-order valence-corrected chi connectivity index (χ4v) is 4.71. The number of nitrogen functional groups attached to an aromatic ring is 1. The first-order valence-corrected chi connectivity index (χ1v) is 12.1. The van der Waals surface area contributed by atoms with Crippen LogP contribution >= 0.6 is 0 Å². The number of nitrogens with two attached hydrogens (primary N) is 1. The lowest BCUT2D eigenvalue weighted by Crippen LogP contribution is -2.18. The second-order valence-corrected chi connectivity index (χ2v) is 9.39. The van der Waals surface area contributed by atoms with E-state index in [4.69, 9.17) is 10.5 Å². The number of benzene rings is 2.